The van der Waals surface area contributed by atoms with Gasteiger partial charge in [0.25, 0.3) is 11.8 Å². The van der Waals surface area contributed by atoms with Gasteiger partial charge < -0.3 is 4.57 Å². The summed E-state index contributed by atoms with van der Waals surface area (Å²) in [5.41, 5.74) is 5.25. The van der Waals surface area contributed by atoms with Gasteiger partial charge in [0, 0.05) is 18.1 Å². The van der Waals surface area contributed by atoms with Crippen molar-refractivity contribution in [3.63, 3.8) is 0 Å². The smallest absolute Gasteiger partial charge is 0.286 e. The zero-order valence-electron chi connectivity index (χ0n) is 10.1. The minimum atomic E-state index is -0.343. The third-order valence-electron chi connectivity index (χ3n) is 2.43. The molecule has 0 aliphatic heterocycles. The molecule has 18 heavy (non-hydrogen) atoms. The van der Waals surface area contributed by atoms with Crippen LogP contribution in [0, 0.1) is 6.92 Å². The molecule has 2 heterocycles. The molecule has 0 aliphatic carbocycles. The average molecular weight is 263 g/mol. The highest BCUT2D eigenvalue weighted by molar-refractivity contribution is 7.13. The van der Waals surface area contributed by atoms with E-state index in [9.17, 15) is 9.59 Å². The summed E-state index contributed by atoms with van der Waals surface area (Å²) in [6, 6.07) is 7.03. The van der Waals surface area contributed by atoms with Gasteiger partial charge in [-0.15, -0.1) is 11.3 Å². The summed E-state index contributed by atoms with van der Waals surface area (Å²) in [4.78, 5) is 25.0. The summed E-state index contributed by atoms with van der Waals surface area (Å²) in [5, 5.41) is 0. The molecular weight excluding hydrogens is 250 g/mol. The van der Waals surface area contributed by atoms with Gasteiger partial charge in [0.05, 0.1) is 4.88 Å². The zero-order valence-corrected chi connectivity index (χ0v) is 10.9. The number of thiophene rings is 1. The number of aryl methyl sites for hydroxylation is 2. The van der Waals surface area contributed by atoms with E-state index in [2.05, 4.69) is 10.9 Å². The van der Waals surface area contributed by atoms with E-state index in [1.807, 2.05) is 13.0 Å². The Kier molecular flexibility index (Phi) is 3.47. The molecule has 0 aliphatic rings. The van der Waals surface area contributed by atoms with Gasteiger partial charge in [0.15, 0.2) is 0 Å². The third kappa shape index (κ3) is 2.60. The van der Waals surface area contributed by atoms with Crippen molar-refractivity contribution in [3.8, 4) is 0 Å². The number of hydrogen-bond acceptors (Lipinski definition) is 3. The van der Waals surface area contributed by atoms with E-state index in [1.165, 1.54) is 11.3 Å². The fourth-order valence-electron chi connectivity index (χ4n) is 1.49. The van der Waals surface area contributed by atoms with Crippen LogP contribution in [0.15, 0.2) is 30.5 Å². The molecule has 2 rings (SSSR count). The SMILES string of the molecule is Cc1ccc(C(=O)NNC(=O)c2cccn2C)s1. The van der Waals surface area contributed by atoms with Crippen LogP contribution in [0.1, 0.15) is 25.0 Å². The zero-order chi connectivity index (χ0) is 13.1. The molecule has 0 saturated carbocycles. The molecule has 2 aromatic heterocycles. The number of rotatable bonds is 2. The van der Waals surface area contributed by atoms with Gasteiger partial charge in [-0.25, -0.2) is 0 Å². The number of nitrogens with zero attached hydrogens (tertiary/aromatic N) is 1. The van der Waals surface area contributed by atoms with Gasteiger partial charge in [0.2, 0.25) is 0 Å². The van der Waals surface area contributed by atoms with Crippen LogP contribution in [-0.4, -0.2) is 16.4 Å². The molecule has 0 radical (unpaired) electrons. The molecule has 2 N–H and O–H groups in total. The molecule has 6 heteroatoms. The fraction of sp³-hybridized carbons (Fsp3) is 0.167. The Morgan fingerprint density at radius 3 is 2.44 bits per heavy atom. The summed E-state index contributed by atoms with van der Waals surface area (Å²) < 4.78 is 1.68. The summed E-state index contributed by atoms with van der Waals surface area (Å²) in [7, 11) is 1.76. The highest BCUT2D eigenvalue weighted by Crippen LogP contribution is 2.14. The van der Waals surface area contributed by atoms with Crippen LogP contribution in [0.4, 0.5) is 0 Å². The fourth-order valence-corrected chi connectivity index (χ4v) is 2.26. The average Bonchev–Trinajstić information content (AvgIpc) is 2.94. The highest BCUT2D eigenvalue weighted by Gasteiger charge is 2.11. The van der Waals surface area contributed by atoms with Gasteiger partial charge >= 0.3 is 0 Å². The molecule has 2 aromatic rings. The van der Waals surface area contributed by atoms with Gasteiger partial charge in [-0.05, 0) is 31.2 Å². The first-order chi connectivity index (χ1) is 8.58. The van der Waals surface area contributed by atoms with Crippen molar-refractivity contribution in [1.82, 2.24) is 15.4 Å². The normalized spacial score (nSPS) is 10.1. The molecule has 94 valence electrons. The molecule has 0 bridgehead atoms. The molecule has 2 amide bonds. The first-order valence-electron chi connectivity index (χ1n) is 5.36. The van der Waals surface area contributed by atoms with Crippen LogP contribution in [0.5, 0.6) is 0 Å². The minimum Gasteiger partial charge on any atom is -0.347 e. The monoisotopic (exact) mass is 263 g/mol. The van der Waals surface area contributed by atoms with Crippen LogP contribution in [0.25, 0.3) is 0 Å². The molecular formula is C12H13N3O2S. The maximum Gasteiger partial charge on any atom is 0.286 e. The predicted molar refractivity (Wildman–Crippen MR) is 69.4 cm³/mol. The van der Waals surface area contributed by atoms with E-state index >= 15 is 0 Å². The summed E-state index contributed by atoms with van der Waals surface area (Å²) in [5.74, 6) is -0.653. The molecule has 0 fully saturated rings. The van der Waals surface area contributed by atoms with E-state index in [-0.39, 0.29) is 11.8 Å². The van der Waals surface area contributed by atoms with E-state index in [4.69, 9.17) is 0 Å². The topological polar surface area (TPSA) is 63.1 Å². The first kappa shape index (κ1) is 12.4. The number of amides is 2. The minimum absolute atomic E-state index is 0.310. The van der Waals surface area contributed by atoms with Crippen molar-refractivity contribution in [2.24, 2.45) is 7.05 Å². The number of hydrogen-bond donors (Lipinski definition) is 2. The quantitative estimate of drug-likeness (QED) is 0.806. The number of aromatic nitrogens is 1. The van der Waals surface area contributed by atoms with Crippen molar-refractivity contribution >= 4 is 23.2 Å². The van der Waals surface area contributed by atoms with Crippen LogP contribution >= 0.6 is 11.3 Å². The van der Waals surface area contributed by atoms with Crippen molar-refractivity contribution in [2.75, 3.05) is 0 Å². The molecule has 0 spiro atoms. The lowest BCUT2D eigenvalue weighted by atomic mass is 10.4. The molecule has 0 saturated heterocycles. The molecule has 0 atom stereocenters. The van der Waals surface area contributed by atoms with Crippen molar-refractivity contribution in [3.05, 3.63) is 45.9 Å². The molecule has 0 unspecified atom stereocenters. The number of nitrogens with one attached hydrogen (secondary N) is 2. The van der Waals surface area contributed by atoms with Crippen LogP contribution < -0.4 is 10.9 Å². The predicted octanol–water partition coefficient (Wildman–Crippen LogP) is 1.47. The number of carbonyl (C=O) groups is 2. The Hall–Kier alpha value is -2.08. The van der Waals surface area contributed by atoms with E-state index in [0.717, 1.165) is 4.88 Å². The highest BCUT2D eigenvalue weighted by atomic mass is 32.1. The second-order valence-corrected chi connectivity index (χ2v) is 5.11. The summed E-state index contributed by atoms with van der Waals surface area (Å²) in [6.45, 7) is 1.92. The second-order valence-electron chi connectivity index (χ2n) is 3.82. The van der Waals surface area contributed by atoms with Crippen LogP contribution in [-0.2, 0) is 7.05 Å². The van der Waals surface area contributed by atoms with Crippen molar-refractivity contribution in [1.29, 1.82) is 0 Å². The van der Waals surface area contributed by atoms with Crippen molar-refractivity contribution in [2.45, 2.75) is 6.92 Å². The van der Waals surface area contributed by atoms with E-state index in [1.54, 1.807) is 36.0 Å². The first-order valence-corrected chi connectivity index (χ1v) is 6.18. The Balaban J connectivity index is 1.94. The van der Waals surface area contributed by atoms with Crippen LogP contribution in [0.3, 0.4) is 0 Å². The van der Waals surface area contributed by atoms with Crippen LogP contribution in [0.2, 0.25) is 0 Å². The van der Waals surface area contributed by atoms with E-state index in [0.29, 0.717) is 10.6 Å². The molecule has 0 aromatic carbocycles. The Labute approximate surface area is 108 Å². The van der Waals surface area contributed by atoms with Gasteiger partial charge in [-0.1, -0.05) is 0 Å². The Morgan fingerprint density at radius 2 is 1.89 bits per heavy atom. The lowest BCUT2D eigenvalue weighted by molar-refractivity contribution is 0.0844. The largest absolute Gasteiger partial charge is 0.347 e. The maximum atomic E-state index is 11.7. The standard InChI is InChI=1S/C12H13N3O2S/c1-8-5-6-10(18-8)12(17)14-13-11(16)9-4-3-7-15(9)2/h3-7H,1-2H3,(H,13,16)(H,14,17). The Bertz CT molecular complexity index is 586. The molecule has 5 nitrogen and oxygen atoms in total. The van der Waals surface area contributed by atoms with E-state index < -0.39 is 0 Å². The van der Waals surface area contributed by atoms with Gasteiger partial charge in [-0.3, -0.25) is 20.4 Å². The second kappa shape index (κ2) is 5.05. The lowest BCUT2D eigenvalue weighted by Crippen LogP contribution is -2.41. The third-order valence-corrected chi connectivity index (χ3v) is 3.43. The lowest BCUT2D eigenvalue weighted by Gasteiger charge is -2.06. The van der Waals surface area contributed by atoms with Gasteiger partial charge in [-0.2, -0.15) is 0 Å². The number of carbonyl (C=O) groups excluding carboxylic acids is 2. The Morgan fingerprint density at radius 1 is 1.17 bits per heavy atom. The van der Waals surface area contributed by atoms with Gasteiger partial charge in [0.1, 0.15) is 5.69 Å². The maximum absolute atomic E-state index is 11.7. The van der Waals surface area contributed by atoms with Crippen molar-refractivity contribution < 1.29 is 9.59 Å². The summed E-state index contributed by atoms with van der Waals surface area (Å²) >= 11 is 1.38. The summed E-state index contributed by atoms with van der Waals surface area (Å²) in [6.07, 6.45) is 1.76. The number of hydrazine groups is 1.